The van der Waals surface area contributed by atoms with Crippen LogP contribution in [-0.2, 0) is 0 Å². The van der Waals surface area contributed by atoms with Crippen LogP contribution in [0.1, 0.15) is 23.2 Å². The molecule has 0 saturated carbocycles. The molecule has 1 unspecified atom stereocenters. The number of piperidine rings is 1. The summed E-state index contributed by atoms with van der Waals surface area (Å²) in [6, 6.07) is 3.92. The Bertz CT molecular complexity index is 465. The van der Waals surface area contributed by atoms with Crippen LogP contribution >= 0.6 is 11.6 Å². The van der Waals surface area contributed by atoms with Crippen molar-refractivity contribution in [1.82, 2.24) is 10.2 Å². The quantitative estimate of drug-likeness (QED) is 0.925. The maximum absolute atomic E-state index is 13.0. The summed E-state index contributed by atoms with van der Waals surface area (Å²) in [4.78, 5) is 14.2. The number of rotatable bonds is 3. The SMILES string of the molecule is CNCC1CCCN(C(=O)c2ccc(F)cc2Cl)C1. The Morgan fingerprint density at radius 2 is 2.37 bits per heavy atom. The van der Waals surface area contributed by atoms with Crippen LogP contribution in [0.25, 0.3) is 0 Å². The molecule has 0 aliphatic carbocycles. The van der Waals surface area contributed by atoms with Gasteiger partial charge < -0.3 is 10.2 Å². The molecular formula is C14H18ClFN2O. The van der Waals surface area contributed by atoms with E-state index in [1.54, 1.807) is 0 Å². The minimum Gasteiger partial charge on any atom is -0.338 e. The van der Waals surface area contributed by atoms with E-state index in [9.17, 15) is 9.18 Å². The van der Waals surface area contributed by atoms with Gasteiger partial charge in [0.25, 0.3) is 5.91 Å². The van der Waals surface area contributed by atoms with Gasteiger partial charge >= 0.3 is 0 Å². The smallest absolute Gasteiger partial charge is 0.255 e. The fraction of sp³-hybridized carbons (Fsp3) is 0.500. The van der Waals surface area contributed by atoms with Crippen molar-refractivity contribution in [1.29, 1.82) is 0 Å². The Balaban J connectivity index is 2.10. The van der Waals surface area contributed by atoms with Crippen LogP contribution in [-0.4, -0.2) is 37.5 Å². The average Bonchev–Trinajstić information content (AvgIpc) is 2.39. The minimum atomic E-state index is -0.423. The van der Waals surface area contributed by atoms with Gasteiger partial charge in [-0.3, -0.25) is 4.79 Å². The molecule has 5 heteroatoms. The zero-order valence-electron chi connectivity index (χ0n) is 11.0. The van der Waals surface area contributed by atoms with Gasteiger partial charge in [-0.2, -0.15) is 0 Å². The molecule has 1 saturated heterocycles. The van der Waals surface area contributed by atoms with E-state index in [1.807, 2.05) is 11.9 Å². The number of carbonyl (C=O) groups excluding carboxylic acids is 1. The van der Waals surface area contributed by atoms with Gasteiger partial charge in [0, 0.05) is 13.1 Å². The Hall–Kier alpha value is -1.13. The summed E-state index contributed by atoms with van der Waals surface area (Å²) in [5, 5.41) is 3.32. The largest absolute Gasteiger partial charge is 0.338 e. The monoisotopic (exact) mass is 284 g/mol. The third-order valence-electron chi connectivity index (χ3n) is 3.46. The number of likely N-dealkylation sites (tertiary alicyclic amines) is 1. The van der Waals surface area contributed by atoms with Gasteiger partial charge in [0.05, 0.1) is 10.6 Å². The summed E-state index contributed by atoms with van der Waals surface area (Å²) in [7, 11) is 1.91. The van der Waals surface area contributed by atoms with Crippen molar-refractivity contribution in [2.75, 3.05) is 26.7 Å². The molecule has 1 aromatic carbocycles. The second-order valence-electron chi connectivity index (χ2n) is 4.94. The molecule has 0 aromatic heterocycles. The third-order valence-corrected chi connectivity index (χ3v) is 3.77. The zero-order valence-corrected chi connectivity index (χ0v) is 11.7. The fourth-order valence-electron chi connectivity index (χ4n) is 2.54. The number of hydrogen-bond donors (Lipinski definition) is 1. The summed E-state index contributed by atoms with van der Waals surface area (Å²) in [6.07, 6.45) is 2.12. The van der Waals surface area contributed by atoms with Crippen molar-refractivity contribution in [2.45, 2.75) is 12.8 Å². The van der Waals surface area contributed by atoms with E-state index in [2.05, 4.69) is 5.32 Å². The lowest BCUT2D eigenvalue weighted by molar-refractivity contribution is 0.0674. The van der Waals surface area contributed by atoms with Crippen molar-refractivity contribution in [3.8, 4) is 0 Å². The van der Waals surface area contributed by atoms with Gasteiger partial charge in [0.15, 0.2) is 0 Å². The average molecular weight is 285 g/mol. The normalized spacial score (nSPS) is 19.5. The predicted octanol–water partition coefficient (Wildman–Crippen LogP) is 2.55. The van der Waals surface area contributed by atoms with E-state index in [0.717, 1.165) is 32.5 Å². The van der Waals surface area contributed by atoms with Crippen LogP contribution in [0.2, 0.25) is 5.02 Å². The summed E-state index contributed by atoms with van der Waals surface area (Å²) in [6.45, 7) is 2.38. The molecular weight excluding hydrogens is 267 g/mol. The minimum absolute atomic E-state index is 0.106. The van der Waals surface area contributed by atoms with E-state index < -0.39 is 5.82 Å². The molecule has 1 heterocycles. The molecule has 0 radical (unpaired) electrons. The standard InChI is InChI=1S/C14H18ClFN2O/c1-17-8-10-3-2-6-18(9-10)14(19)12-5-4-11(16)7-13(12)15/h4-5,7,10,17H,2-3,6,8-9H2,1H3. The van der Waals surface area contributed by atoms with Crippen molar-refractivity contribution in [2.24, 2.45) is 5.92 Å². The number of nitrogens with zero attached hydrogens (tertiary/aromatic N) is 1. The Morgan fingerprint density at radius 1 is 1.58 bits per heavy atom. The van der Waals surface area contributed by atoms with Crippen molar-refractivity contribution < 1.29 is 9.18 Å². The molecule has 1 amide bonds. The molecule has 19 heavy (non-hydrogen) atoms. The van der Waals surface area contributed by atoms with Crippen molar-refractivity contribution in [3.63, 3.8) is 0 Å². The first kappa shape index (κ1) is 14.3. The third kappa shape index (κ3) is 3.45. The van der Waals surface area contributed by atoms with Crippen LogP contribution in [0.5, 0.6) is 0 Å². The second-order valence-corrected chi connectivity index (χ2v) is 5.35. The lowest BCUT2D eigenvalue weighted by Crippen LogP contribution is -2.42. The van der Waals surface area contributed by atoms with E-state index in [4.69, 9.17) is 11.6 Å². The maximum atomic E-state index is 13.0. The van der Waals surface area contributed by atoms with Crippen molar-refractivity contribution in [3.05, 3.63) is 34.6 Å². The first-order valence-corrected chi connectivity index (χ1v) is 6.88. The van der Waals surface area contributed by atoms with Crippen LogP contribution < -0.4 is 5.32 Å². The molecule has 1 N–H and O–H groups in total. The van der Waals surface area contributed by atoms with Crippen LogP contribution in [0.15, 0.2) is 18.2 Å². The summed E-state index contributed by atoms with van der Waals surface area (Å²) in [5.41, 5.74) is 0.383. The van der Waals surface area contributed by atoms with Crippen LogP contribution in [0, 0.1) is 11.7 Å². The number of amides is 1. The second kappa shape index (κ2) is 6.35. The van der Waals surface area contributed by atoms with E-state index in [-0.39, 0.29) is 10.9 Å². The summed E-state index contributed by atoms with van der Waals surface area (Å²) in [5.74, 6) is -0.0546. The lowest BCUT2D eigenvalue weighted by Gasteiger charge is -2.33. The highest BCUT2D eigenvalue weighted by molar-refractivity contribution is 6.33. The van der Waals surface area contributed by atoms with E-state index >= 15 is 0 Å². The van der Waals surface area contributed by atoms with Gasteiger partial charge in [0.1, 0.15) is 5.82 Å². The van der Waals surface area contributed by atoms with Crippen molar-refractivity contribution >= 4 is 17.5 Å². The van der Waals surface area contributed by atoms with E-state index in [0.29, 0.717) is 11.5 Å². The highest BCUT2D eigenvalue weighted by Crippen LogP contribution is 2.22. The van der Waals surface area contributed by atoms with Gasteiger partial charge in [-0.1, -0.05) is 11.6 Å². The Morgan fingerprint density at radius 3 is 3.05 bits per heavy atom. The molecule has 1 atom stereocenters. The molecule has 3 nitrogen and oxygen atoms in total. The molecule has 2 rings (SSSR count). The van der Waals surface area contributed by atoms with Gasteiger partial charge in [-0.15, -0.1) is 0 Å². The number of nitrogens with one attached hydrogen (secondary N) is 1. The summed E-state index contributed by atoms with van der Waals surface area (Å²) < 4.78 is 13.0. The predicted molar refractivity (Wildman–Crippen MR) is 74.0 cm³/mol. The number of benzene rings is 1. The Kier molecular flexibility index (Phi) is 4.77. The fourth-order valence-corrected chi connectivity index (χ4v) is 2.79. The molecule has 1 aliphatic rings. The van der Waals surface area contributed by atoms with E-state index in [1.165, 1.54) is 18.2 Å². The lowest BCUT2D eigenvalue weighted by atomic mass is 9.97. The molecule has 1 aliphatic heterocycles. The van der Waals surface area contributed by atoms with Gasteiger partial charge in [-0.05, 0) is 50.6 Å². The van der Waals surface area contributed by atoms with Crippen LogP contribution in [0.4, 0.5) is 4.39 Å². The first-order chi connectivity index (χ1) is 9.11. The first-order valence-electron chi connectivity index (χ1n) is 6.50. The topological polar surface area (TPSA) is 32.3 Å². The molecule has 104 valence electrons. The number of hydrogen-bond acceptors (Lipinski definition) is 2. The highest BCUT2D eigenvalue weighted by Gasteiger charge is 2.25. The molecule has 1 aromatic rings. The molecule has 1 fully saturated rings. The van der Waals surface area contributed by atoms with Gasteiger partial charge in [-0.25, -0.2) is 4.39 Å². The van der Waals surface area contributed by atoms with Crippen LogP contribution in [0.3, 0.4) is 0 Å². The molecule has 0 spiro atoms. The number of carbonyl (C=O) groups is 1. The number of halogens is 2. The Labute approximate surface area is 117 Å². The zero-order chi connectivity index (χ0) is 13.8. The summed E-state index contributed by atoms with van der Waals surface area (Å²) >= 11 is 5.94. The molecule has 0 bridgehead atoms. The highest BCUT2D eigenvalue weighted by atomic mass is 35.5. The van der Waals surface area contributed by atoms with Gasteiger partial charge in [0.2, 0.25) is 0 Å². The maximum Gasteiger partial charge on any atom is 0.255 e.